The third-order valence-corrected chi connectivity index (χ3v) is 6.66. The minimum absolute atomic E-state index is 0.194. The predicted molar refractivity (Wildman–Crippen MR) is 128 cm³/mol. The van der Waals surface area contributed by atoms with Crippen molar-refractivity contribution in [3.8, 4) is 5.75 Å². The van der Waals surface area contributed by atoms with Crippen LogP contribution in [0.2, 0.25) is 0 Å². The van der Waals surface area contributed by atoms with Crippen LogP contribution < -0.4 is 15.4 Å². The zero-order valence-corrected chi connectivity index (χ0v) is 19.3. The summed E-state index contributed by atoms with van der Waals surface area (Å²) in [5, 5.41) is 7.15. The van der Waals surface area contributed by atoms with Crippen LogP contribution in [0, 0.1) is 23.6 Å². The summed E-state index contributed by atoms with van der Waals surface area (Å²) in [6.45, 7) is 13.0. The molecule has 172 valence electrons. The lowest BCUT2D eigenvalue weighted by molar-refractivity contribution is 0.123. The summed E-state index contributed by atoms with van der Waals surface area (Å²) in [5.41, 5.74) is 2.30. The Bertz CT molecular complexity index is 865. The Labute approximate surface area is 191 Å². The van der Waals surface area contributed by atoms with E-state index < -0.39 is 0 Å². The van der Waals surface area contributed by atoms with E-state index in [2.05, 4.69) is 48.1 Å². The van der Waals surface area contributed by atoms with E-state index in [0.29, 0.717) is 30.3 Å². The highest BCUT2D eigenvalue weighted by molar-refractivity contribution is 5.27. The smallest absolute Gasteiger partial charge is 0.123 e. The van der Waals surface area contributed by atoms with E-state index in [1.807, 2.05) is 24.3 Å². The minimum atomic E-state index is -0.194. The van der Waals surface area contributed by atoms with Gasteiger partial charge in [-0.3, -0.25) is 0 Å². The van der Waals surface area contributed by atoms with Gasteiger partial charge >= 0.3 is 0 Å². The molecule has 1 aliphatic heterocycles. The molecule has 3 atom stereocenters. The largest absolute Gasteiger partial charge is 0.493 e. The molecule has 2 aromatic rings. The SMILES string of the molecule is C=C(NCc1ccc(OCC(C)C)cc1)N(Cc1ccc(F)cc1)C1[C@@H]2CC[C@H]1CNC2. The lowest BCUT2D eigenvalue weighted by Crippen LogP contribution is -2.52. The molecule has 0 spiro atoms. The van der Waals surface area contributed by atoms with E-state index >= 15 is 0 Å². The summed E-state index contributed by atoms with van der Waals surface area (Å²) in [5.74, 6) is 3.43. The van der Waals surface area contributed by atoms with E-state index in [9.17, 15) is 4.39 Å². The summed E-state index contributed by atoms with van der Waals surface area (Å²) in [7, 11) is 0. The van der Waals surface area contributed by atoms with Crippen LogP contribution in [0.15, 0.2) is 60.9 Å². The molecule has 2 aliphatic rings. The van der Waals surface area contributed by atoms with Crippen LogP contribution in [0.3, 0.4) is 0 Å². The van der Waals surface area contributed by atoms with E-state index in [-0.39, 0.29) is 5.82 Å². The van der Waals surface area contributed by atoms with Crippen LogP contribution >= 0.6 is 0 Å². The number of rotatable bonds is 10. The van der Waals surface area contributed by atoms with Crippen LogP contribution in [0.5, 0.6) is 5.75 Å². The molecular weight excluding hydrogens is 401 g/mol. The summed E-state index contributed by atoms with van der Waals surface area (Å²) in [6, 6.07) is 15.6. The van der Waals surface area contributed by atoms with Gasteiger partial charge in [0.05, 0.1) is 12.4 Å². The molecular formula is C27H36FN3O. The topological polar surface area (TPSA) is 36.5 Å². The number of fused-ring (bicyclic) bond motifs is 2. The average molecular weight is 438 g/mol. The average Bonchev–Trinajstić information content (AvgIpc) is 3.03. The number of piperidine rings is 1. The van der Waals surface area contributed by atoms with E-state index in [1.165, 1.54) is 18.4 Å². The first-order valence-electron chi connectivity index (χ1n) is 11.9. The molecule has 1 unspecified atom stereocenters. The van der Waals surface area contributed by atoms with Gasteiger partial charge in [0.2, 0.25) is 0 Å². The molecule has 1 heterocycles. The van der Waals surface area contributed by atoms with Crippen LogP contribution in [-0.4, -0.2) is 30.6 Å². The first kappa shape index (κ1) is 22.7. The molecule has 5 heteroatoms. The van der Waals surface area contributed by atoms with E-state index in [0.717, 1.165) is 43.4 Å². The van der Waals surface area contributed by atoms with Crippen molar-refractivity contribution in [3.05, 3.63) is 77.9 Å². The Balaban J connectivity index is 1.42. The van der Waals surface area contributed by atoms with Crippen molar-refractivity contribution in [1.29, 1.82) is 0 Å². The number of hydrogen-bond acceptors (Lipinski definition) is 4. The first-order chi connectivity index (χ1) is 15.5. The minimum Gasteiger partial charge on any atom is -0.493 e. The van der Waals surface area contributed by atoms with Gasteiger partial charge in [0.15, 0.2) is 0 Å². The molecule has 2 N–H and O–H groups in total. The normalized spacial score (nSPS) is 22.1. The highest BCUT2D eigenvalue weighted by Gasteiger charge is 2.42. The van der Waals surface area contributed by atoms with Gasteiger partial charge < -0.3 is 20.3 Å². The maximum atomic E-state index is 13.4. The number of nitrogens with zero attached hydrogens (tertiary/aromatic N) is 1. The molecule has 2 aromatic carbocycles. The molecule has 32 heavy (non-hydrogen) atoms. The van der Waals surface area contributed by atoms with Crippen molar-refractivity contribution in [2.75, 3.05) is 19.7 Å². The Kier molecular flexibility index (Phi) is 7.36. The molecule has 0 aromatic heterocycles. The van der Waals surface area contributed by atoms with Crippen molar-refractivity contribution in [2.45, 2.75) is 45.8 Å². The van der Waals surface area contributed by atoms with Crippen LogP contribution in [0.25, 0.3) is 0 Å². The fourth-order valence-corrected chi connectivity index (χ4v) is 5.00. The zero-order valence-electron chi connectivity index (χ0n) is 19.3. The number of hydrogen-bond donors (Lipinski definition) is 2. The third-order valence-electron chi connectivity index (χ3n) is 6.66. The summed E-state index contributed by atoms with van der Waals surface area (Å²) < 4.78 is 19.2. The van der Waals surface area contributed by atoms with E-state index in [1.54, 1.807) is 12.1 Å². The maximum absolute atomic E-state index is 13.4. The lowest BCUT2D eigenvalue weighted by Gasteiger charge is -2.42. The van der Waals surface area contributed by atoms with Gasteiger partial charge in [0.1, 0.15) is 11.6 Å². The quantitative estimate of drug-likeness (QED) is 0.553. The van der Waals surface area contributed by atoms with Crippen LogP contribution in [-0.2, 0) is 13.1 Å². The van der Waals surface area contributed by atoms with Gasteiger partial charge in [-0.25, -0.2) is 4.39 Å². The Hall–Kier alpha value is -2.53. The van der Waals surface area contributed by atoms with Gasteiger partial charge in [-0.05, 0) is 79.1 Å². The van der Waals surface area contributed by atoms with E-state index in [4.69, 9.17) is 4.74 Å². The van der Waals surface area contributed by atoms with Gasteiger partial charge in [-0.15, -0.1) is 0 Å². The van der Waals surface area contributed by atoms with Crippen molar-refractivity contribution in [3.63, 3.8) is 0 Å². The lowest BCUT2D eigenvalue weighted by atomic mass is 9.91. The van der Waals surface area contributed by atoms with Gasteiger partial charge in [0.25, 0.3) is 0 Å². The Morgan fingerprint density at radius 1 is 1.06 bits per heavy atom. The van der Waals surface area contributed by atoms with Gasteiger partial charge in [-0.2, -0.15) is 0 Å². The Morgan fingerprint density at radius 3 is 2.31 bits per heavy atom. The van der Waals surface area contributed by atoms with Crippen LogP contribution in [0.4, 0.5) is 4.39 Å². The van der Waals surface area contributed by atoms with Crippen LogP contribution in [0.1, 0.15) is 37.8 Å². The van der Waals surface area contributed by atoms with Crippen molar-refractivity contribution >= 4 is 0 Å². The molecule has 1 saturated heterocycles. The summed E-state index contributed by atoms with van der Waals surface area (Å²) >= 11 is 0. The molecule has 1 aliphatic carbocycles. The van der Waals surface area contributed by atoms with Crippen molar-refractivity contribution in [1.82, 2.24) is 15.5 Å². The molecule has 2 bridgehead atoms. The van der Waals surface area contributed by atoms with Crippen molar-refractivity contribution in [2.24, 2.45) is 17.8 Å². The highest BCUT2D eigenvalue weighted by atomic mass is 19.1. The van der Waals surface area contributed by atoms with Gasteiger partial charge in [-0.1, -0.05) is 44.7 Å². The second-order valence-corrected chi connectivity index (χ2v) is 9.65. The molecule has 0 amide bonds. The first-order valence-corrected chi connectivity index (χ1v) is 11.9. The molecule has 0 radical (unpaired) electrons. The second kappa shape index (κ2) is 10.4. The highest BCUT2D eigenvalue weighted by Crippen LogP contribution is 2.39. The van der Waals surface area contributed by atoms with Crippen molar-refractivity contribution < 1.29 is 9.13 Å². The Morgan fingerprint density at radius 2 is 1.69 bits per heavy atom. The molecule has 2 fully saturated rings. The third kappa shape index (κ3) is 5.63. The standard InChI is InChI=1S/C27H36FN3O/c1-19(2)18-32-26-12-6-21(7-13-26)14-30-20(3)31(17-22-4-10-25(28)11-5-22)27-23-8-9-24(27)16-29-15-23/h4-7,10-13,19,23-24,27,29-30H,3,8-9,14-18H2,1-2H3/t23-,24+,27?. The number of nitrogens with one attached hydrogen (secondary N) is 2. The monoisotopic (exact) mass is 437 g/mol. The molecule has 4 nitrogen and oxygen atoms in total. The summed E-state index contributed by atoms with van der Waals surface area (Å²) in [6.07, 6.45) is 2.51. The maximum Gasteiger partial charge on any atom is 0.123 e. The number of ether oxygens (including phenoxy) is 1. The zero-order chi connectivity index (χ0) is 22.5. The molecule has 1 saturated carbocycles. The fourth-order valence-electron chi connectivity index (χ4n) is 5.00. The predicted octanol–water partition coefficient (Wildman–Crippen LogP) is 4.92. The fraction of sp³-hybridized carbons (Fsp3) is 0.481. The van der Waals surface area contributed by atoms with Gasteiger partial charge in [0, 0.05) is 19.1 Å². The number of benzene rings is 2. The summed E-state index contributed by atoms with van der Waals surface area (Å²) in [4.78, 5) is 2.43. The molecule has 4 rings (SSSR count). The number of halogens is 1. The second-order valence-electron chi connectivity index (χ2n) is 9.65.